The second kappa shape index (κ2) is 3.87. The van der Waals surface area contributed by atoms with Gasteiger partial charge < -0.3 is 5.32 Å². The second-order valence-corrected chi connectivity index (χ2v) is 3.81. The minimum atomic E-state index is -0.0980. The highest BCUT2D eigenvalue weighted by atomic mass is 16.1. The molecule has 0 atom stereocenters. The van der Waals surface area contributed by atoms with Crippen molar-refractivity contribution in [3.8, 4) is 0 Å². The SMILES string of the molecule is O=C1Nc2cccnc2/C=C\c2ccccc21. The summed E-state index contributed by atoms with van der Waals surface area (Å²) in [6, 6.07) is 11.2. The predicted octanol–water partition coefficient (Wildman–Crippen LogP) is 2.82. The molecule has 2 heterocycles. The summed E-state index contributed by atoms with van der Waals surface area (Å²) in [4.78, 5) is 16.3. The molecule has 0 radical (unpaired) electrons. The van der Waals surface area contributed by atoms with Crippen LogP contribution in [-0.2, 0) is 0 Å². The van der Waals surface area contributed by atoms with E-state index in [1.54, 1.807) is 12.3 Å². The zero-order valence-corrected chi connectivity index (χ0v) is 9.05. The van der Waals surface area contributed by atoms with Gasteiger partial charge in [-0.15, -0.1) is 0 Å². The van der Waals surface area contributed by atoms with Gasteiger partial charge in [-0.2, -0.15) is 0 Å². The van der Waals surface area contributed by atoms with Crippen molar-refractivity contribution in [3.63, 3.8) is 0 Å². The molecule has 1 N–H and O–H groups in total. The topological polar surface area (TPSA) is 42.0 Å². The van der Waals surface area contributed by atoms with Crippen molar-refractivity contribution in [1.82, 2.24) is 4.98 Å². The van der Waals surface area contributed by atoms with Gasteiger partial charge in [-0.05, 0) is 29.8 Å². The highest BCUT2D eigenvalue weighted by molar-refractivity contribution is 6.09. The first-order chi connectivity index (χ1) is 8.34. The molecule has 0 saturated carbocycles. The first-order valence-electron chi connectivity index (χ1n) is 5.38. The van der Waals surface area contributed by atoms with Gasteiger partial charge in [0, 0.05) is 11.8 Å². The summed E-state index contributed by atoms with van der Waals surface area (Å²) < 4.78 is 0. The van der Waals surface area contributed by atoms with Crippen LogP contribution >= 0.6 is 0 Å². The van der Waals surface area contributed by atoms with Gasteiger partial charge in [0.25, 0.3) is 5.91 Å². The van der Waals surface area contributed by atoms with Crippen LogP contribution in [0.4, 0.5) is 5.69 Å². The van der Waals surface area contributed by atoms with E-state index in [-0.39, 0.29) is 5.91 Å². The minimum Gasteiger partial charge on any atom is -0.320 e. The fourth-order valence-electron chi connectivity index (χ4n) is 1.86. The lowest BCUT2D eigenvalue weighted by molar-refractivity contribution is 0.102. The van der Waals surface area contributed by atoms with E-state index in [9.17, 15) is 4.79 Å². The molecule has 1 aromatic carbocycles. The van der Waals surface area contributed by atoms with E-state index in [1.807, 2.05) is 42.5 Å². The third kappa shape index (κ3) is 1.72. The highest BCUT2D eigenvalue weighted by Gasteiger charge is 2.13. The Labute approximate surface area is 98.8 Å². The van der Waals surface area contributed by atoms with Crippen molar-refractivity contribution < 1.29 is 4.79 Å². The molecular weight excluding hydrogens is 212 g/mol. The van der Waals surface area contributed by atoms with Crippen molar-refractivity contribution in [2.45, 2.75) is 0 Å². The molecule has 1 aliphatic heterocycles. The maximum Gasteiger partial charge on any atom is 0.256 e. The Balaban J connectivity index is 2.19. The molecule has 0 saturated heterocycles. The second-order valence-electron chi connectivity index (χ2n) is 3.81. The lowest BCUT2D eigenvalue weighted by atomic mass is 10.0. The van der Waals surface area contributed by atoms with Crippen LogP contribution in [0.2, 0.25) is 0 Å². The number of aromatic nitrogens is 1. The maximum absolute atomic E-state index is 12.0. The minimum absolute atomic E-state index is 0.0980. The number of nitrogens with zero attached hydrogens (tertiary/aromatic N) is 1. The Bertz CT molecular complexity index is 617. The number of fused-ring (bicyclic) bond motifs is 2. The summed E-state index contributed by atoms with van der Waals surface area (Å²) in [6.07, 6.45) is 5.54. The Morgan fingerprint density at radius 3 is 2.82 bits per heavy atom. The molecule has 0 unspecified atom stereocenters. The van der Waals surface area contributed by atoms with Crippen molar-refractivity contribution in [2.75, 3.05) is 5.32 Å². The summed E-state index contributed by atoms with van der Waals surface area (Å²) in [7, 11) is 0. The number of hydrogen-bond donors (Lipinski definition) is 1. The molecule has 2 aromatic rings. The number of benzene rings is 1. The summed E-state index contributed by atoms with van der Waals surface area (Å²) in [5.74, 6) is -0.0980. The van der Waals surface area contributed by atoms with E-state index in [4.69, 9.17) is 0 Å². The van der Waals surface area contributed by atoms with Gasteiger partial charge in [-0.3, -0.25) is 9.78 Å². The number of anilines is 1. The largest absolute Gasteiger partial charge is 0.320 e. The molecule has 1 aromatic heterocycles. The summed E-state index contributed by atoms with van der Waals surface area (Å²) in [5.41, 5.74) is 3.10. The summed E-state index contributed by atoms with van der Waals surface area (Å²) in [5, 5.41) is 2.87. The maximum atomic E-state index is 12.0. The summed E-state index contributed by atoms with van der Waals surface area (Å²) in [6.45, 7) is 0. The fraction of sp³-hybridized carbons (Fsp3) is 0. The first-order valence-corrected chi connectivity index (χ1v) is 5.38. The molecular formula is C14H10N2O. The van der Waals surface area contributed by atoms with Crippen LogP contribution in [-0.4, -0.2) is 10.9 Å². The average Bonchev–Trinajstić information content (AvgIpc) is 2.36. The van der Waals surface area contributed by atoms with Crippen LogP contribution in [0.25, 0.3) is 12.2 Å². The molecule has 0 aliphatic carbocycles. The van der Waals surface area contributed by atoms with E-state index in [0.717, 1.165) is 16.9 Å². The molecule has 82 valence electrons. The predicted molar refractivity (Wildman–Crippen MR) is 67.6 cm³/mol. The number of carbonyl (C=O) groups is 1. The van der Waals surface area contributed by atoms with Gasteiger partial charge in [-0.1, -0.05) is 24.3 Å². The van der Waals surface area contributed by atoms with Gasteiger partial charge in [0.15, 0.2) is 0 Å². The summed E-state index contributed by atoms with van der Waals surface area (Å²) >= 11 is 0. The molecule has 3 nitrogen and oxygen atoms in total. The molecule has 17 heavy (non-hydrogen) atoms. The van der Waals surface area contributed by atoms with Gasteiger partial charge in [0.2, 0.25) is 0 Å². The lowest BCUT2D eigenvalue weighted by Crippen LogP contribution is -2.15. The standard InChI is InChI=1S/C14H10N2O/c17-14-11-5-2-1-4-10(11)7-8-12-13(16-14)6-3-9-15-12/h1-9H,(H,16,17). The lowest BCUT2D eigenvalue weighted by Gasteiger charge is -2.12. The number of hydrogen-bond acceptors (Lipinski definition) is 2. The Kier molecular flexibility index (Phi) is 2.22. The van der Waals surface area contributed by atoms with Crippen LogP contribution in [0.15, 0.2) is 42.6 Å². The monoisotopic (exact) mass is 222 g/mol. The van der Waals surface area contributed by atoms with Gasteiger partial charge in [-0.25, -0.2) is 0 Å². The van der Waals surface area contributed by atoms with E-state index < -0.39 is 0 Å². The van der Waals surface area contributed by atoms with Crippen molar-refractivity contribution in [3.05, 3.63) is 59.4 Å². The number of carbonyl (C=O) groups excluding carboxylic acids is 1. The van der Waals surface area contributed by atoms with Gasteiger partial charge >= 0.3 is 0 Å². The first kappa shape index (κ1) is 9.78. The zero-order chi connectivity index (χ0) is 11.7. The number of pyridine rings is 1. The van der Waals surface area contributed by atoms with Crippen molar-refractivity contribution in [2.24, 2.45) is 0 Å². The molecule has 0 bridgehead atoms. The number of amides is 1. The van der Waals surface area contributed by atoms with Crippen molar-refractivity contribution in [1.29, 1.82) is 0 Å². The van der Waals surface area contributed by atoms with Crippen LogP contribution in [0.1, 0.15) is 21.6 Å². The highest BCUT2D eigenvalue weighted by Crippen LogP contribution is 2.21. The smallest absolute Gasteiger partial charge is 0.256 e. The van der Waals surface area contributed by atoms with Gasteiger partial charge in [0.05, 0.1) is 11.4 Å². The molecule has 3 rings (SSSR count). The van der Waals surface area contributed by atoms with Crippen LogP contribution < -0.4 is 5.32 Å². The Morgan fingerprint density at radius 2 is 1.88 bits per heavy atom. The molecule has 1 amide bonds. The van der Waals surface area contributed by atoms with Crippen LogP contribution in [0, 0.1) is 0 Å². The molecule has 1 aliphatic rings. The van der Waals surface area contributed by atoms with E-state index in [2.05, 4.69) is 10.3 Å². The van der Waals surface area contributed by atoms with E-state index in [0.29, 0.717) is 5.56 Å². The Morgan fingerprint density at radius 1 is 1.00 bits per heavy atom. The van der Waals surface area contributed by atoms with E-state index in [1.165, 1.54) is 0 Å². The zero-order valence-electron chi connectivity index (χ0n) is 9.05. The quantitative estimate of drug-likeness (QED) is 0.744. The van der Waals surface area contributed by atoms with Crippen LogP contribution in [0.3, 0.4) is 0 Å². The normalized spacial score (nSPS) is 14.9. The fourth-order valence-corrected chi connectivity index (χ4v) is 1.86. The molecule has 0 spiro atoms. The number of nitrogens with one attached hydrogen (secondary N) is 1. The number of rotatable bonds is 0. The Hall–Kier alpha value is -2.42. The van der Waals surface area contributed by atoms with Crippen molar-refractivity contribution >= 4 is 23.7 Å². The average molecular weight is 222 g/mol. The van der Waals surface area contributed by atoms with Gasteiger partial charge in [0.1, 0.15) is 0 Å². The molecule has 0 fully saturated rings. The van der Waals surface area contributed by atoms with Crippen LogP contribution in [0.5, 0.6) is 0 Å². The van der Waals surface area contributed by atoms with E-state index >= 15 is 0 Å². The third-order valence-electron chi connectivity index (χ3n) is 2.71. The third-order valence-corrected chi connectivity index (χ3v) is 2.71. The molecule has 3 heteroatoms.